The van der Waals surface area contributed by atoms with Gasteiger partial charge in [-0.15, -0.1) is 0 Å². The van der Waals surface area contributed by atoms with Crippen LogP contribution in [0.5, 0.6) is 0 Å². The highest BCUT2D eigenvalue weighted by Crippen LogP contribution is 2.20. The Labute approximate surface area is 204 Å². The molecule has 0 saturated carbocycles. The van der Waals surface area contributed by atoms with E-state index in [4.69, 9.17) is 0 Å². The van der Waals surface area contributed by atoms with Crippen molar-refractivity contribution in [3.8, 4) is 0 Å². The Hall–Kier alpha value is -3.28. The van der Waals surface area contributed by atoms with Crippen molar-refractivity contribution >= 4 is 28.9 Å². The van der Waals surface area contributed by atoms with Crippen LogP contribution in [0.1, 0.15) is 71.1 Å². The molecule has 0 bridgehead atoms. The Kier molecular flexibility index (Phi) is 13.0. The number of amides is 2. The van der Waals surface area contributed by atoms with E-state index in [-0.39, 0.29) is 11.8 Å². The lowest BCUT2D eigenvalue weighted by molar-refractivity contribution is -0.117. The van der Waals surface area contributed by atoms with Gasteiger partial charge in [0.2, 0.25) is 11.8 Å². The van der Waals surface area contributed by atoms with Crippen LogP contribution in [-0.2, 0) is 9.59 Å². The maximum Gasteiger partial charge on any atom is 0.246 e. The number of carbonyl (C=O) groups excluding carboxylic acids is 2. The monoisotopic (exact) mass is 462 g/mol. The van der Waals surface area contributed by atoms with Gasteiger partial charge in [0.15, 0.2) is 0 Å². The highest BCUT2D eigenvalue weighted by atomic mass is 16.2. The molecule has 2 amide bonds. The number of azo groups is 1. The van der Waals surface area contributed by atoms with E-state index in [1.54, 1.807) is 6.92 Å². The Morgan fingerprint density at radius 3 is 1.85 bits per heavy atom. The van der Waals surface area contributed by atoms with Crippen LogP contribution in [0.2, 0.25) is 0 Å². The third-order valence-corrected chi connectivity index (χ3v) is 5.44. The molecule has 0 aliphatic carbocycles. The first-order valence-electron chi connectivity index (χ1n) is 12.3. The molecule has 2 rings (SSSR count). The van der Waals surface area contributed by atoms with Crippen molar-refractivity contribution < 1.29 is 9.59 Å². The number of anilines is 1. The van der Waals surface area contributed by atoms with Crippen LogP contribution < -0.4 is 10.6 Å². The van der Waals surface area contributed by atoms with Crippen molar-refractivity contribution in [1.82, 2.24) is 5.32 Å². The fourth-order valence-electron chi connectivity index (χ4n) is 3.45. The van der Waals surface area contributed by atoms with E-state index >= 15 is 0 Å². The van der Waals surface area contributed by atoms with Crippen LogP contribution in [-0.4, -0.2) is 18.4 Å². The Morgan fingerprint density at radius 1 is 0.735 bits per heavy atom. The molecule has 0 aliphatic heterocycles. The number of hydrogen-bond donors (Lipinski definition) is 2. The lowest BCUT2D eigenvalue weighted by Gasteiger charge is -2.06. The van der Waals surface area contributed by atoms with Crippen LogP contribution in [0.25, 0.3) is 0 Å². The van der Waals surface area contributed by atoms with E-state index in [1.807, 2.05) is 54.6 Å². The van der Waals surface area contributed by atoms with E-state index in [2.05, 4.69) is 27.4 Å². The number of benzene rings is 2. The molecule has 0 atom stereocenters. The average Bonchev–Trinajstić information content (AvgIpc) is 2.84. The molecule has 0 unspecified atom stereocenters. The van der Waals surface area contributed by atoms with Gasteiger partial charge in [-0.05, 0) is 56.2 Å². The molecule has 2 N–H and O–H groups in total. The summed E-state index contributed by atoms with van der Waals surface area (Å²) in [5.74, 6) is 0.00537. The molecule has 182 valence electrons. The normalized spacial score (nSPS) is 10.9. The molecule has 6 heteroatoms. The molecule has 0 aromatic heterocycles. The second-order valence-corrected chi connectivity index (χ2v) is 8.60. The van der Waals surface area contributed by atoms with Gasteiger partial charge in [0.25, 0.3) is 0 Å². The maximum absolute atomic E-state index is 12.2. The zero-order valence-corrected chi connectivity index (χ0v) is 20.4. The fourth-order valence-corrected chi connectivity index (χ4v) is 3.45. The summed E-state index contributed by atoms with van der Waals surface area (Å²) in [6.07, 6.45) is 10.8. The van der Waals surface area contributed by atoms with E-state index in [1.165, 1.54) is 32.1 Å². The van der Waals surface area contributed by atoms with Crippen molar-refractivity contribution in [3.63, 3.8) is 0 Å². The van der Waals surface area contributed by atoms with Gasteiger partial charge in [0.1, 0.15) is 0 Å². The summed E-state index contributed by atoms with van der Waals surface area (Å²) in [6.45, 7) is 6.09. The summed E-state index contributed by atoms with van der Waals surface area (Å²) in [6, 6.07) is 17.0. The van der Waals surface area contributed by atoms with Crippen LogP contribution in [0.3, 0.4) is 0 Å². The SMILES string of the molecule is C=C(C)C(=O)NCCCCCCCCCCCC(=O)Nc1ccc(N=Nc2ccccc2)cc1. The Balaban J connectivity index is 1.46. The number of carbonyl (C=O) groups is 2. The standard InChI is InChI=1S/C28H38N4O2/c1-23(2)28(34)29-22-14-9-7-5-3-4-6-8-13-17-27(33)30-24-18-20-26(21-19-24)32-31-25-15-11-10-12-16-25/h10-12,15-16,18-21H,1,3-9,13-14,17,22H2,2H3,(H,29,34)(H,30,33). The molecule has 0 heterocycles. The van der Waals surface area contributed by atoms with E-state index in [9.17, 15) is 9.59 Å². The zero-order valence-electron chi connectivity index (χ0n) is 20.4. The quantitative estimate of drug-likeness (QED) is 0.153. The van der Waals surface area contributed by atoms with E-state index in [0.29, 0.717) is 12.0 Å². The van der Waals surface area contributed by atoms with Gasteiger partial charge in [-0.1, -0.05) is 69.7 Å². The van der Waals surface area contributed by atoms with Crippen LogP contribution in [0.15, 0.2) is 77.0 Å². The third kappa shape index (κ3) is 12.1. The summed E-state index contributed by atoms with van der Waals surface area (Å²) in [7, 11) is 0. The average molecular weight is 463 g/mol. The molecule has 2 aromatic rings. The first-order valence-corrected chi connectivity index (χ1v) is 12.3. The van der Waals surface area contributed by atoms with Crippen LogP contribution in [0, 0.1) is 0 Å². The van der Waals surface area contributed by atoms with Gasteiger partial charge in [0.05, 0.1) is 11.4 Å². The van der Waals surface area contributed by atoms with Gasteiger partial charge in [-0.25, -0.2) is 0 Å². The first kappa shape index (κ1) is 27.0. The molecular weight excluding hydrogens is 424 g/mol. The maximum atomic E-state index is 12.2. The van der Waals surface area contributed by atoms with Crippen molar-refractivity contribution in [2.24, 2.45) is 10.2 Å². The number of nitrogens with one attached hydrogen (secondary N) is 2. The Bertz CT molecular complexity index is 908. The Morgan fingerprint density at radius 2 is 1.26 bits per heavy atom. The van der Waals surface area contributed by atoms with Gasteiger partial charge in [0, 0.05) is 24.2 Å². The highest BCUT2D eigenvalue weighted by Gasteiger charge is 2.03. The minimum atomic E-state index is -0.0478. The van der Waals surface area contributed by atoms with Crippen molar-refractivity contribution in [1.29, 1.82) is 0 Å². The van der Waals surface area contributed by atoms with E-state index < -0.39 is 0 Å². The smallest absolute Gasteiger partial charge is 0.246 e. The number of rotatable bonds is 16. The van der Waals surface area contributed by atoms with Gasteiger partial charge in [-0.3, -0.25) is 9.59 Å². The van der Waals surface area contributed by atoms with Gasteiger partial charge < -0.3 is 10.6 Å². The molecular formula is C28H38N4O2. The summed E-state index contributed by atoms with van der Waals surface area (Å²) in [5.41, 5.74) is 2.90. The lowest BCUT2D eigenvalue weighted by atomic mass is 10.1. The highest BCUT2D eigenvalue weighted by molar-refractivity contribution is 5.92. The predicted molar refractivity (Wildman–Crippen MR) is 140 cm³/mol. The number of unbranched alkanes of at least 4 members (excludes halogenated alkanes) is 8. The van der Waals surface area contributed by atoms with Crippen LogP contribution in [0.4, 0.5) is 17.1 Å². The molecule has 0 aliphatic rings. The topological polar surface area (TPSA) is 82.9 Å². The summed E-state index contributed by atoms with van der Waals surface area (Å²) in [4.78, 5) is 23.5. The minimum Gasteiger partial charge on any atom is -0.352 e. The molecule has 0 spiro atoms. The second kappa shape index (κ2) is 16.4. The fraction of sp³-hybridized carbons (Fsp3) is 0.429. The molecule has 2 aromatic carbocycles. The molecule has 34 heavy (non-hydrogen) atoms. The molecule has 6 nitrogen and oxygen atoms in total. The molecule has 0 saturated heterocycles. The molecule has 0 fully saturated rings. The number of nitrogens with zero attached hydrogens (tertiary/aromatic N) is 2. The summed E-state index contributed by atoms with van der Waals surface area (Å²) >= 11 is 0. The predicted octanol–water partition coefficient (Wildman–Crippen LogP) is 7.63. The van der Waals surface area contributed by atoms with Crippen molar-refractivity contribution in [2.45, 2.75) is 71.1 Å². The van der Waals surface area contributed by atoms with Crippen molar-refractivity contribution in [3.05, 3.63) is 66.7 Å². The molecule has 0 radical (unpaired) electrons. The van der Waals surface area contributed by atoms with Gasteiger partial charge >= 0.3 is 0 Å². The van der Waals surface area contributed by atoms with E-state index in [0.717, 1.165) is 49.3 Å². The third-order valence-electron chi connectivity index (χ3n) is 5.44. The summed E-state index contributed by atoms with van der Waals surface area (Å²) in [5, 5.41) is 14.2. The minimum absolute atomic E-state index is 0.0478. The first-order chi connectivity index (χ1) is 16.5. The summed E-state index contributed by atoms with van der Waals surface area (Å²) < 4.78 is 0. The van der Waals surface area contributed by atoms with Gasteiger partial charge in [-0.2, -0.15) is 10.2 Å². The lowest BCUT2D eigenvalue weighted by Crippen LogP contribution is -2.24. The second-order valence-electron chi connectivity index (χ2n) is 8.60. The largest absolute Gasteiger partial charge is 0.352 e. The number of hydrogen-bond acceptors (Lipinski definition) is 4. The van der Waals surface area contributed by atoms with Crippen LogP contribution >= 0.6 is 0 Å². The van der Waals surface area contributed by atoms with Crippen molar-refractivity contribution in [2.75, 3.05) is 11.9 Å². The zero-order chi connectivity index (χ0) is 24.4.